The van der Waals surface area contributed by atoms with E-state index < -0.39 is 0 Å². The molecule has 1 heterocycles. The highest BCUT2D eigenvalue weighted by Crippen LogP contribution is 2.22. The Morgan fingerprint density at radius 1 is 1.08 bits per heavy atom. The Morgan fingerprint density at radius 3 is 2.46 bits per heavy atom. The van der Waals surface area contributed by atoms with Crippen LogP contribution in [0, 0.1) is 13.8 Å². The van der Waals surface area contributed by atoms with E-state index in [-0.39, 0.29) is 18.1 Å². The first kappa shape index (κ1) is 16.4. The van der Waals surface area contributed by atoms with Gasteiger partial charge in [-0.05, 0) is 68.9 Å². The third-order valence-electron chi connectivity index (χ3n) is 4.59. The van der Waals surface area contributed by atoms with Gasteiger partial charge in [-0.3, -0.25) is 4.79 Å². The molecule has 0 bridgehead atoms. The Bertz CT molecular complexity index is 695. The van der Waals surface area contributed by atoms with E-state index in [0.29, 0.717) is 6.01 Å². The predicted octanol–water partition coefficient (Wildman–Crippen LogP) is 3.21. The molecule has 126 valence electrons. The van der Waals surface area contributed by atoms with E-state index in [0.717, 1.165) is 36.8 Å². The summed E-state index contributed by atoms with van der Waals surface area (Å²) in [6.45, 7) is 4.08. The lowest BCUT2D eigenvalue weighted by Gasteiger charge is -2.28. The summed E-state index contributed by atoms with van der Waals surface area (Å²) in [6.07, 6.45) is 7.10. The first-order chi connectivity index (χ1) is 11.6. The molecule has 24 heavy (non-hydrogen) atoms. The standard InChI is InChI=1S/C19H23N3O2/c1-13-4-5-15(12-14(13)2)18(23)22-16-6-8-17(9-7-16)24-19-20-10-3-11-21-19/h3-5,10-12,16-17H,6-9H2,1-2H3,(H,22,23). The molecule has 1 aliphatic carbocycles. The van der Waals surface area contributed by atoms with E-state index in [4.69, 9.17) is 4.74 Å². The van der Waals surface area contributed by atoms with Crippen LogP contribution in [-0.4, -0.2) is 28.0 Å². The second-order valence-electron chi connectivity index (χ2n) is 6.40. The summed E-state index contributed by atoms with van der Waals surface area (Å²) in [4.78, 5) is 20.6. The first-order valence-electron chi connectivity index (χ1n) is 8.43. The molecule has 0 radical (unpaired) electrons. The van der Waals surface area contributed by atoms with E-state index in [9.17, 15) is 4.79 Å². The Balaban J connectivity index is 1.50. The number of hydrogen-bond acceptors (Lipinski definition) is 4. The number of nitrogens with one attached hydrogen (secondary N) is 1. The van der Waals surface area contributed by atoms with Gasteiger partial charge in [0.15, 0.2) is 0 Å². The van der Waals surface area contributed by atoms with Crippen molar-refractivity contribution in [1.82, 2.24) is 15.3 Å². The number of hydrogen-bond donors (Lipinski definition) is 1. The zero-order valence-electron chi connectivity index (χ0n) is 14.2. The normalized spacial score (nSPS) is 20.4. The van der Waals surface area contributed by atoms with Crippen LogP contribution >= 0.6 is 0 Å². The summed E-state index contributed by atoms with van der Waals surface area (Å²) >= 11 is 0. The van der Waals surface area contributed by atoms with Crippen molar-refractivity contribution in [2.75, 3.05) is 0 Å². The number of aromatic nitrogens is 2. The van der Waals surface area contributed by atoms with Crippen molar-refractivity contribution in [3.05, 3.63) is 53.3 Å². The van der Waals surface area contributed by atoms with Crippen LogP contribution < -0.4 is 10.1 Å². The van der Waals surface area contributed by atoms with Crippen molar-refractivity contribution >= 4 is 5.91 Å². The summed E-state index contributed by atoms with van der Waals surface area (Å²) in [5, 5.41) is 3.14. The number of ether oxygens (including phenoxy) is 1. The molecule has 0 unspecified atom stereocenters. The average Bonchev–Trinajstić information content (AvgIpc) is 2.60. The number of rotatable bonds is 4. The molecule has 1 aromatic heterocycles. The maximum absolute atomic E-state index is 12.4. The maximum Gasteiger partial charge on any atom is 0.316 e. The van der Waals surface area contributed by atoms with Crippen LogP contribution in [0.5, 0.6) is 6.01 Å². The number of carbonyl (C=O) groups excluding carboxylic acids is 1. The lowest BCUT2D eigenvalue weighted by atomic mass is 9.92. The van der Waals surface area contributed by atoms with E-state index >= 15 is 0 Å². The summed E-state index contributed by atoms with van der Waals surface area (Å²) in [7, 11) is 0. The van der Waals surface area contributed by atoms with Gasteiger partial charge in [0.25, 0.3) is 5.91 Å². The topological polar surface area (TPSA) is 64.1 Å². The fourth-order valence-corrected chi connectivity index (χ4v) is 2.97. The summed E-state index contributed by atoms with van der Waals surface area (Å²) in [6, 6.07) is 8.24. The third kappa shape index (κ3) is 4.10. The van der Waals surface area contributed by atoms with Crippen LogP contribution in [0.15, 0.2) is 36.7 Å². The van der Waals surface area contributed by atoms with E-state index in [1.807, 2.05) is 25.1 Å². The van der Waals surface area contributed by atoms with Crippen LogP contribution in [0.2, 0.25) is 0 Å². The second kappa shape index (κ2) is 7.43. The molecule has 2 aromatic rings. The van der Waals surface area contributed by atoms with Crippen LogP contribution in [0.3, 0.4) is 0 Å². The molecule has 0 spiro atoms. The minimum atomic E-state index is 0.00820. The van der Waals surface area contributed by atoms with Crippen LogP contribution in [0.4, 0.5) is 0 Å². The van der Waals surface area contributed by atoms with E-state index in [1.165, 1.54) is 5.56 Å². The smallest absolute Gasteiger partial charge is 0.316 e. The molecule has 0 aliphatic heterocycles. The molecular formula is C19H23N3O2. The van der Waals surface area contributed by atoms with Crippen LogP contribution in [0.25, 0.3) is 0 Å². The largest absolute Gasteiger partial charge is 0.460 e. The second-order valence-corrected chi connectivity index (χ2v) is 6.40. The lowest BCUT2D eigenvalue weighted by Crippen LogP contribution is -2.39. The Hall–Kier alpha value is -2.43. The van der Waals surface area contributed by atoms with Crippen LogP contribution in [-0.2, 0) is 0 Å². The van der Waals surface area contributed by atoms with E-state index in [1.54, 1.807) is 18.5 Å². The average molecular weight is 325 g/mol. The minimum absolute atomic E-state index is 0.00820. The van der Waals surface area contributed by atoms with E-state index in [2.05, 4.69) is 22.2 Å². The third-order valence-corrected chi connectivity index (χ3v) is 4.59. The molecule has 5 heteroatoms. The summed E-state index contributed by atoms with van der Waals surface area (Å²) < 4.78 is 5.79. The van der Waals surface area contributed by atoms with Crippen molar-refractivity contribution in [2.24, 2.45) is 0 Å². The number of aryl methyl sites for hydroxylation is 2. The maximum atomic E-state index is 12.4. The fraction of sp³-hybridized carbons (Fsp3) is 0.421. The first-order valence-corrected chi connectivity index (χ1v) is 8.43. The van der Waals surface area contributed by atoms with Gasteiger partial charge in [-0.1, -0.05) is 6.07 Å². The molecule has 0 saturated heterocycles. The number of benzene rings is 1. The number of nitrogens with zero attached hydrogens (tertiary/aromatic N) is 2. The van der Waals surface area contributed by atoms with Gasteiger partial charge < -0.3 is 10.1 Å². The molecule has 1 aromatic carbocycles. The quantitative estimate of drug-likeness (QED) is 0.937. The number of carbonyl (C=O) groups is 1. The number of amides is 1. The molecule has 1 amide bonds. The Labute approximate surface area is 142 Å². The van der Waals surface area contributed by atoms with Crippen molar-refractivity contribution in [3.8, 4) is 6.01 Å². The zero-order chi connectivity index (χ0) is 16.9. The monoisotopic (exact) mass is 325 g/mol. The molecule has 3 rings (SSSR count). The van der Waals surface area contributed by atoms with Gasteiger partial charge in [0.1, 0.15) is 6.10 Å². The van der Waals surface area contributed by atoms with Crippen LogP contribution in [0.1, 0.15) is 47.2 Å². The van der Waals surface area contributed by atoms with Gasteiger partial charge in [0.05, 0.1) is 0 Å². The lowest BCUT2D eigenvalue weighted by molar-refractivity contribution is 0.0885. The molecule has 0 atom stereocenters. The van der Waals surface area contributed by atoms with Crippen molar-refractivity contribution in [2.45, 2.75) is 51.7 Å². The Kier molecular flexibility index (Phi) is 5.08. The predicted molar refractivity (Wildman–Crippen MR) is 92.1 cm³/mol. The van der Waals surface area contributed by atoms with Crippen molar-refractivity contribution in [1.29, 1.82) is 0 Å². The highest BCUT2D eigenvalue weighted by molar-refractivity contribution is 5.94. The molecule has 5 nitrogen and oxygen atoms in total. The zero-order valence-corrected chi connectivity index (χ0v) is 14.2. The van der Waals surface area contributed by atoms with Gasteiger partial charge in [-0.15, -0.1) is 0 Å². The van der Waals surface area contributed by atoms with Crippen molar-refractivity contribution < 1.29 is 9.53 Å². The van der Waals surface area contributed by atoms with Gasteiger partial charge in [0.2, 0.25) is 0 Å². The fourth-order valence-electron chi connectivity index (χ4n) is 2.97. The summed E-state index contributed by atoms with van der Waals surface area (Å²) in [5.74, 6) is 0.00820. The van der Waals surface area contributed by atoms with Gasteiger partial charge in [-0.2, -0.15) is 0 Å². The highest BCUT2D eigenvalue weighted by atomic mass is 16.5. The van der Waals surface area contributed by atoms with Gasteiger partial charge in [0, 0.05) is 24.0 Å². The summed E-state index contributed by atoms with van der Waals surface area (Å²) in [5.41, 5.74) is 3.07. The van der Waals surface area contributed by atoms with Gasteiger partial charge >= 0.3 is 6.01 Å². The van der Waals surface area contributed by atoms with Crippen molar-refractivity contribution in [3.63, 3.8) is 0 Å². The van der Waals surface area contributed by atoms with Gasteiger partial charge in [-0.25, -0.2) is 9.97 Å². The molecule has 1 N–H and O–H groups in total. The highest BCUT2D eigenvalue weighted by Gasteiger charge is 2.24. The molecule has 1 saturated carbocycles. The molecular weight excluding hydrogens is 302 g/mol. The molecule has 1 aliphatic rings. The Morgan fingerprint density at radius 2 is 1.79 bits per heavy atom. The molecule has 1 fully saturated rings. The minimum Gasteiger partial charge on any atom is -0.460 e. The SMILES string of the molecule is Cc1ccc(C(=O)NC2CCC(Oc3ncccn3)CC2)cc1C.